The topological polar surface area (TPSA) is 74.2 Å². The van der Waals surface area contributed by atoms with Crippen molar-refractivity contribution in [1.82, 2.24) is 10.2 Å². The molecule has 1 aromatic carbocycles. The molecule has 0 fully saturated rings. The third-order valence-corrected chi connectivity index (χ3v) is 2.50. The van der Waals surface area contributed by atoms with Gasteiger partial charge in [-0.25, -0.2) is 0 Å². The number of nitrogens with two attached hydrogens (primary N) is 1. The summed E-state index contributed by atoms with van der Waals surface area (Å²) in [7, 11) is 0. The first-order valence-electron chi connectivity index (χ1n) is 5.98. The van der Waals surface area contributed by atoms with Crippen molar-refractivity contribution in [3.8, 4) is 17.2 Å². The average Bonchev–Trinajstić information content (AvgIpc) is 2.81. The smallest absolute Gasteiger partial charge is 0.251 e. The number of aromatic nitrogens is 2. The van der Waals surface area contributed by atoms with Crippen LogP contribution in [0.2, 0.25) is 0 Å². The Morgan fingerprint density at radius 2 is 2.11 bits per heavy atom. The molecule has 1 heterocycles. The summed E-state index contributed by atoms with van der Waals surface area (Å²) in [6.45, 7) is 6.44. The number of rotatable bonds is 4. The summed E-state index contributed by atoms with van der Waals surface area (Å²) in [5.74, 6) is 1.84. The summed E-state index contributed by atoms with van der Waals surface area (Å²) in [5.41, 5.74) is 7.20. The zero-order chi connectivity index (χ0) is 13.1. The summed E-state index contributed by atoms with van der Waals surface area (Å²) >= 11 is 0. The minimum Gasteiger partial charge on any atom is -0.491 e. The molecule has 0 saturated heterocycles. The fourth-order valence-corrected chi connectivity index (χ4v) is 1.61. The van der Waals surface area contributed by atoms with E-state index in [-0.39, 0.29) is 5.92 Å². The fourth-order valence-electron chi connectivity index (χ4n) is 1.61. The number of nitrogen functional groups attached to an aromatic ring is 1. The van der Waals surface area contributed by atoms with Gasteiger partial charge in [-0.1, -0.05) is 19.9 Å². The molecule has 0 spiro atoms. The highest BCUT2D eigenvalue weighted by molar-refractivity contribution is 5.72. The van der Waals surface area contributed by atoms with Crippen molar-refractivity contribution < 1.29 is 9.15 Å². The molecule has 0 saturated carbocycles. The molecule has 5 heteroatoms. The number of anilines is 1. The Kier molecular flexibility index (Phi) is 3.50. The molecule has 2 N–H and O–H groups in total. The Morgan fingerprint density at radius 1 is 1.33 bits per heavy atom. The van der Waals surface area contributed by atoms with Gasteiger partial charge in [-0.05, 0) is 19.1 Å². The van der Waals surface area contributed by atoms with E-state index in [1.165, 1.54) is 0 Å². The molecule has 5 nitrogen and oxygen atoms in total. The molecule has 0 unspecified atom stereocenters. The minimum atomic E-state index is 0.197. The standard InChI is InChI=1S/C13H17N3O2/c1-4-17-11-9(6-5-7-10(11)14)13-16-15-12(18-13)8(2)3/h5-8H,4,14H2,1-3H3. The maximum atomic E-state index is 5.90. The van der Waals surface area contributed by atoms with Crippen LogP contribution in [0.1, 0.15) is 32.6 Å². The van der Waals surface area contributed by atoms with Crippen LogP contribution in [0.15, 0.2) is 22.6 Å². The van der Waals surface area contributed by atoms with Crippen molar-refractivity contribution >= 4 is 5.69 Å². The van der Waals surface area contributed by atoms with E-state index in [1.54, 1.807) is 6.07 Å². The number of benzene rings is 1. The van der Waals surface area contributed by atoms with Crippen LogP contribution in [0, 0.1) is 0 Å². The molecule has 0 aliphatic rings. The molecule has 96 valence electrons. The van der Waals surface area contributed by atoms with Gasteiger partial charge in [-0.15, -0.1) is 10.2 Å². The van der Waals surface area contributed by atoms with Crippen molar-refractivity contribution in [2.75, 3.05) is 12.3 Å². The molecule has 2 aromatic rings. The molecular weight excluding hydrogens is 230 g/mol. The van der Waals surface area contributed by atoms with Gasteiger partial charge in [0, 0.05) is 5.92 Å². The highest BCUT2D eigenvalue weighted by atomic mass is 16.5. The van der Waals surface area contributed by atoms with E-state index in [9.17, 15) is 0 Å². The SMILES string of the molecule is CCOc1c(N)cccc1-c1nnc(C(C)C)o1. The van der Waals surface area contributed by atoms with E-state index < -0.39 is 0 Å². The van der Waals surface area contributed by atoms with Gasteiger partial charge in [0.05, 0.1) is 17.9 Å². The van der Waals surface area contributed by atoms with Gasteiger partial charge in [0.2, 0.25) is 5.89 Å². The average molecular weight is 247 g/mol. The van der Waals surface area contributed by atoms with Crippen molar-refractivity contribution in [2.45, 2.75) is 26.7 Å². The van der Waals surface area contributed by atoms with E-state index in [0.29, 0.717) is 29.8 Å². The Balaban J connectivity index is 2.45. The summed E-state index contributed by atoms with van der Waals surface area (Å²) < 4.78 is 11.2. The van der Waals surface area contributed by atoms with Gasteiger partial charge in [-0.2, -0.15) is 0 Å². The second-order valence-electron chi connectivity index (χ2n) is 4.26. The Morgan fingerprint density at radius 3 is 2.72 bits per heavy atom. The number of nitrogens with zero attached hydrogens (tertiary/aromatic N) is 2. The molecule has 0 bridgehead atoms. The van der Waals surface area contributed by atoms with Crippen LogP contribution in [0.4, 0.5) is 5.69 Å². The van der Waals surface area contributed by atoms with Crippen LogP contribution in [0.3, 0.4) is 0 Å². The molecule has 1 aromatic heterocycles. The van der Waals surface area contributed by atoms with Gasteiger partial charge >= 0.3 is 0 Å². The Bertz CT molecular complexity index is 535. The second-order valence-corrected chi connectivity index (χ2v) is 4.26. The third kappa shape index (κ3) is 2.30. The lowest BCUT2D eigenvalue weighted by Gasteiger charge is -2.09. The quantitative estimate of drug-likeness (QED) is 0.841. The van der Waals surface area contributed by atoms with Crippen LogP contribution < -0.4 is 10.5 Å². The second kappa shape index (κ2) is 5.08. The van der Waals surface area contributed by atoms with E-state index in [2.05, 4.69) is 10.2 Å². The van der Waals surface area contributed by atoms with Gasteiger partial charge < -0.3 is 14.9 Å². The van der Waals surface area contributed by atoms with Crippen LogP contribution >= 0.6 is 0 Å². The van der Waals surface area contributed by atoms with E-state index in [0.717, 1.165) is 5.56 Å². The van der Waals surface area contributed by atoms with Crippen molar-refractivity contribution in [3.63, 3.8) is 0 Å². The number of ether oxygens (including phenoxy) is 1. The Labute approximate surface area is 106 Å². The van der Waals surface area contributed by atoms with Crippen LogP contribution in [-0.4, -0.2) is 16.8 Å². The predicted molar refractivity (Wildman–Crippen MR) is 69.4 cm³/mol. The summed E-state index contributed by atoms with van der Waals surface area (Å²) in [6, 6.07) is 5.49. The fraction of sp³-hybridized carbons (Fsp3) is 0.385. The maximum Gasteiger partial charge on any atom is 0.251 e. The first-order valence-corrected chi connectivity index (χ1v) is 5.98. The lowest BCUT2D eigenvalue weighted by atomic mass is 10.1. The van der Waals surface area contributed by atoms with Gasteiger partial charge in [-0.3, -0.25) is 0 Å². The first kappa shape index (κ1) is 12.4. The molecule has 0 atom stereocenters. The molecule has 0 amide bonds. The molecule has 2 rings (SSSR count). The zero-order valence-electron chi connectivity index (χ0n) is 10.8. The predicted octanol–water partition coefficient (Wildman–Crippen LogP) is 2.84. The summed E-state index contributed by atoms with van der Waals surface area (Å²) in [5, 5.41) is 8.05. The van der Waals surface area contributed by atoms with Gasteiger partial charge in [0.25, 0.3) is 5.89 Å². The normalized spacial score (nSPS) is 10.9. The Hall–Kier alpha value is -2.04. The van der Waals surface area contributed by atoms with Crippen LogP contribution in [0.25, 0.3) is 11.5 Å². The van der Waals surface area contributed by atoms with Crippen LogP contribution in [-0.2, 0) is 0 Å². The van der Waals surface area contributed by atoms with E-state index in [4.69, 9.17) is 14.9 Å². The van der Waals surface area contributed by atoms with Crippen LogP contribution in [0.5, 0.6) is 5.75 Å². The highest BCUT2D eigenvalue weighted by Crippen LogP contribution is 2.34. The molecule has 0 radical (unpaired) electrons. The maximum absolute atomic E-state index is 5.90. The van der Waals surface area contributed by atoms with Crippen molar-refractivity contribution in [1.29, 1.82) is 0 Å². The third-order valence-electron chi connectivity index (χ3n) is 2.50. The molecule has 18 heavy (non-hydrogen) atoms. The monoisotopic (exact) mass is 247 g/mol. The number of hydrogen-bond donors (Lipinski definition) is 1. The first-order chi connectivity index (χ1) is 8.63. The number of hydrogen-bond acceptors (Lipinski definition) is 5. The molecular formula is C13H17N3O2. The van der Waals surface area contributed by atoms with E-state index in [1.807, 2.05) is 32.9 Å². The molecule has 0 aliphatic carbocycles. The summed E-state index contributed by atoms with van der Waals surface area (Å²) in [6.07, 6.45) is 0. The van der Waals surface area contributed by atoms with Crippen molar-refractivity contribution in [3.05, 3.63) is 24.1 Å². The lowest BCUT2D eigenvalue weighted by Crippen LogP contribution is -1.99. The number of para-hydroxylation sites is 1. The summed E-state index contributed by atoms with van der Waals surface area (Å²) in [4.78, 5) is 0. The van der Waals surface area contributed by atoms with Crippen molar-refractivity contribution in [2.24, 2.45) is 0 Å². The largest absolute Gasteiger partial charge is 0.491 e. The van der Waals surface area contributed by atoms with E-state index >= 15 is 0 Å². The minimum absolute atomic E-state index is 0.197. The van der Waals surface area contributed by atoms with Gasteiger partial charge in [0.15, 0.2) is 5.75 Å². The zero-order valence-corrected chi connectivity index (χ0v) is 10.8. The highest BCUT2D eigenvalue weighted by Gasteiger charge is 2.16. The lowest BCUT2D eigenvalue weighted by molar-refractivity contribution is 0.342. The van der Waals surface area contributed by atoms with Gasteiger partial charge in [0.1, 0.15) is 0 Å². The molecule has 0 aliphatic heterocycles.